The number of nitrogens with zero attached hydrogens (tertiary/aromatic N) is 2. The molecule has 1 aliphatic heterocycles. The lowest BCUT2D eigenvalue weighted by molar-refractivity contribution is -0.135. The maximum absolute atomic E-state index is 12.7. The number of hydrogen-bond donors (Lipinski definition) is 1. The third-order valence-corrected chi connectivity index (χ3v) is 7.78. The summed E-state index contributed by atoms with van der Waals surface area (Å²) in [7, 11) is -2.33. The fraction of sp³-hybridized carbons (Fsp3) is 0.250. The number of halogens is 1. The van der Waals surface area contributed by atoms with E-state index in [-0.39, 0.29) is 28.2 Å². The summed E-state index contributed by atoms with van der Waals surface area (Å²) >= 11 is 6.29. The Bertz CT molecular complexity index is 1360. The van der Waals surface area contributed by atoms with Gasteiger partial charge in [-0.15, -0.1) is 0 Å². The van der Waals surface area contributed by atoms with E-state index in [4.69, 9.17) is 21.1 Å². The molecule has 0 atom stereocenters. The first-order valence-corrected chi connectivity index (χ1v) is 14.0. The van der Waals surface area contributed by atoms with Crippen molar-refractivity contribution in [3.05, 3.63) is 89.5 Å². The monoisotopic (exact) mass is 555 g/mol. The van der Waals surface area contributed by atoms with Gasteiger partial charge in [0.25, 0.3) is 15.9 Å². The van der Waals surface area contributed by atoms with Gasteiger partial charge in [-0.05, 0) is 48.0 Å². The lowest BCUT2D eigenvalue weighted by Crippen LogP contribution is -2.49. The molecule has 4 rings (SSSR count). The molecule has 1 fully saturated rings. The third kappa shape index (κ3) is 7.50. The van der Waals surface area contributed by atoms with Crippen LogP contribution in [0.15, 0.2) is 83.8 Å². The van der Waals surface area contributed by atoms with Crippen LogP contribution in [0.5, 0.6) is 11.5 Å². The number of rotatable bonds is 10. The summed E-state index contributed by atoms with van der Waals surface area (Å²) in [4.78, 5) is 16.7. The van der Waals surface area contributed by atoms with Crippen molar-refractivity contribution in [3.63, 3.8) is 0 Å². The summed E-state index contributed by atoms with van der Waals surface area (Å²) in [5, 5.41) is 0.102. The molecule has 10 heteroatoms. The molecule has 8 nitrogen and oxygen atoms in total. The Labute approximate surface area is 228 Å². The van der Waals surface area contributed by atoms with Crippen molar-refractivity contribution in [1.82, 2.24) is 9.80 Å². The molecule has 38 heavy (non-hydrogen) atoms. The van der Waals surface area contributed by atoms with E-state index in [1.54, 1.807) is 29.2 Å². The fourth-order valence-electron chi connectivity index (χ4n) is 3.95. The number of carbonyl (C=O) groups excluding carboxylic acids is 1. The number of carbonyl (C=O) groups is 1. The molecule has 0 spiro atoms. The van der Waals surface area contributed by atoms with Gasteiger partial charge < -0.3 is 14.4 Å². The second kappa shape index (κ2) is 12.8. The molecule has 0 bridgehead atoms. The molecule has 1 saturated heterocycles. The molecule has 0 aromatic heterocycles. The Morgan fingerprint density at radius 1 is 1.00 bits per heavy atom. The van der Waals surface area contributed by atoms with Gasteiger partial charge in [0.1, 0.15) is 11.5 Å². The molecule has 1 aliphatic rings. The Morgan fingerprint density at radius 2 is 1.71 bits per heavy atom. The zero-order valence-corrected chi connectivity index (χ0v) is 22.6. The first-order valence-electron chi connectivity index (χ1n) is 12.1. The first-order chi connectivity index (χ1) is 18.3. The zero-order valence-electron chi connectivity index (χ0n) is 21.0. The van der Waals surface area contributed by atoms with Gasteiger partial charge in [-0.3, -0.25) is 14.4 Å². The summed E-state index contributed by atoms with van der Waals surface area (Å²) < 4.78 is 38.7. The summed E-state index contributed by atoms with van der Waals surface area (Å²) in [5.74, 6) is 0.719. The van der Waals surface area contributed by atoms with Crippen LogP contribution in [0, 0.1) is 0 Å². The van der Waals surface area contributed by atoms with E-state index in [2.05, 4.69) is 33.9 Å². The number of ether oxygens (including phenoxy) is 2. The molecule has 200 valence electrons. The fourth-order valence-corrected chi connectivity index (χ4v) is 5.34. The number of benzene rings is 3. The highest BCUT2D eigenvalue weighted by molar-refractivity contribution is 7.92. The van der Waals surface area contributed by atoms with Crippen LogP contribution in [-0.2, 0) is 14.8 Å². The highest BCUT2D eigenvalue weighted by Gasteiger charge is 2.22. The normalized spacial score (nSPS) is 14.4. The highest BCUT2D eigenvalue weighted by Crippen LogP contribution is 2.28. The Balaban J connectivity index is 1.25. The van der Waals surface area contributed by atoms with Gasteiger partial charge in [0.2, 0.25) is 0 Å². The van der Waals surface area contributed by atoms with Crippen molar-refractivity contribution in [2.24, 2.45) is 0 Å². The largest absolute Gasteiger partial charge is 0.497 e. The van der Waals surface area contributed by atoms with E-state index >= 15 is 0 Å². The minimum atomic E-state index is -3.86. The number of methoxy groups -OCH3 is 1. The van der Waals surface area contributed by atoms with E-state index in [0.717, 1.165) is 25.2 Å². The van der Waals surface area contributed by atoms with Crippen LogP contribution in [0.2, 0.25) is 5.02 Å². The molecule has 0 radical (unpaired) electrons. The Hall–Kier alpha value is -3.53. The highest BCUT2D eigenvalue weighted by atomic mass is 35.5. The SMILES string of the molecule is COc1ccc(NS(=O)(=O)c2ccc(OCC(=O)N3CCN(C/C=C/c4ccccc4)CC3)c(Cl)c2)cc1. The van der Waals surface area contributed by atoms with Crippen molar-refractivity contribution >= 4 is 39.3 Å². The number of anilines is 1. The van der Waals surface area contributed by atoms with Crippen molar-refractivity contribution in [1.29, 1.82) is 0 Å². The number of amides is 1. The molecule has 3 aromatic rings. The maximum Gasteiger partial charge on any atom is 0.261 e. The number of hydrogen-bond acceptors (Lipinski definition) is 6. The summed E-state index contributed by atoms with van der Waals surface area (Å²) in [6.45, 7) is 3.43. The molecule has 0 saturated carbocycles. The van der Waals surface area contributed by atoms with Gasteiger partial charge in [-0.2, -0.15) is 0 Å². The van der Waals surface area contributed by atoms with Crippen LogP contribution in [0.3, 0.4) is 0 Å². The minimum absolute atomic E-state index is 0.0190. The Kier molecular flexibility index (Phi) is 9.28. The molecule has 0 aliphatic carbocycles. The molecule has 0 unspecified atom stereocenters. The van der Waals surface area contributed by atoms with E-state index in [1.807, 2.05) is 18.2 Å². The molecule has 3 aromatic carbocycles. The minimum Gasteiger partial charge on any atom is -0.497 e. The van der Waals surface area contributed by atoms with Gasteiger partial charge >= 0.3 is 0 Å². The van der Waals surface area contributed by atoms with Crippen LogP contribution in [-0.4, -0.2) is 70.6 Å². The van der Waals surface area contributed by atoms with Gasteiger partial charge in [0.15, 0.2) is 6.61 Å². The second-order valence-corrected chi connectivity index (χ2v) is 10.8. The van der Waals surface area contributed by atoms with E-state index < -0.39 is 10.0 Å². The average molecular weight is 556 g/mol. The van der Waals surface area contributed by atoms with E-state index in [0.29, 0.717) is 24.5 Å². The van der Waals surface area contributed by atoms with Crippen LogP contribution >= 0.6 is 11.6 Å². The maximum atomic E-state index is 12.7. The smallest absolute Gasteiger partial charge is 0.261 e. The number of sulfonamides is 1. The van der Waals surface area contributed by atoms with Gasteiger partial charge in [-0.1, -0.05) is 54.1 Å². The predicted molar refractivity (Wildman–Crippen MR) is 149 cm³/mol. The van der Waals surface area contributed by atoms with Gasteiger partial charge in [0, 0.05) is 38.4 Å². The number of piperazine rings is 1. The van der Waals surface area contributed by atoms with Crippen LogP contribution in [0.25, 0.3) is 6.08 Å². The molecule has 1 N–H and O–H groups in total. The summed E-state index contributed by atoms with van der Waals surface area (Å²) in [6, 6.07) is 20.8. The standard InChI is InChI=1S/C28H30ClN3O5S/c1-36-24-11-9-23(10-12-24)30-38(34,35)25-13-14-27(26(29)20-25)37-21-28(33)32-18-16-31(17-19-32)15-5-8-22-6-3-2-4-7-22/h2-14,20,30H,15-19,21H2,1H3/b8-5+. The van der Waals surface area contributed by atoms with Gasteiger partial charge in [0.05, 0.1) is 17.0 Å². The quantitative estimate of drug-likeness (QED) is 0.399. The van der Waals surface area contributed by atoms with E-state index in [1.165, 1.54) is 25.3 Å². The zero-order chi connectivity index (χ0) is 27.0. The van der Waals surface area contributed by atoms with Crippen molar-refractivity contribution in [2.45, 2.75) is 4.90 Å². The van der Waals surface area contributed by atoms with Crippen LogP contribution in [0.1, 0.15) is 5.56 Å². The van der Waals surface area contributed by atoms with Crippen molar-refractivity contribution < 1.29 is 22.7 Å². The van der Waals surface area contributed by atoms with E-state index in [9.17, 15) is 13.2 Å². The predicted octanol–water partition coefficient (Wildman–Crippen LogP) is 4.39. The molecule has 1 amide bonds. The van der Waals surface area contributed by atoms with Crippen molar-refractivity contribution in [2.75, 3.05) is 51.2 Å². The molecular formula is C28H30ClN3O5S. The first kappa shape index (κ1) is 27.5. The average Bonchev–Trinajstić information content (AvgIpc) is 2.93. The molecular weight excluding hydrogens is 526 g/mol. The number of nitrogens with one attached hydrogen (secondary N) is 1. The van der Waals surface area contributed by atoms with Crippen molar-refractivity contribution in [3.8, 4) is 11.5 Å². The lowest BCUT2D eigenvalue weighted by Gasteiger charge is -2.34. The second-order valence-electron chi connectivity index (χ2n) is 8.71. The van der Waals surface area contributed by atoms with Crippen LogP contribution < -0.4 is 14.2 Å². The Morgan fingerprint density at radius 3 is 2.37 bits per heavy atom. The summed E-state index contributed by atoms with van der Waals surface area (Å²) in [6.07, 6.45) is 4.23. The third-order valence-electron chi connectivity index (χ3n) is 6.11. The lowest BCUT2D eigenvalue weighted by atomic mass is 10.2. The summed E-state index contributed by atoms with van der Waals surface area (Å²) in [5.41, 5.74) is 1.55. The van der Waals surface area contributed by atoms with Gasteiger partial charge in [-0.25, -0.2) is 8.42 Å². The van der Waals surface area contributed by atoms with Crippen LogP contribution in [0.4, 0.5) is 5.69 Å². The topological polar surface area (TPSA) is 88.2 Å². The molecule has 1 heterocycles.